The zero-order valence-electron chi connectivity index (χ0n) is 10.4. The van der Waals surface area contributed by atoms with Crippen LogP contribution in [-0.2, 0) is 0 Å². The molecular weight excluding hydrogens is 204 g/mol. The van der Waals surface area contributed by atoms with Crippen LogP contribution in [0.3, 0.4) is 0 Å². The summed E-state index contributed by atoms with van der Waals surface area (Å²) in [5.41, 5.74) is 5.59. The molecule has 0 spiro atoms. The summed E-state index contributed by atoms with van der Waals surface area (Å²) in [6.07, 6.45) is 2.90. The van der Waals surface area contributed by atoms with Gasteiger partial charge in [0.05, 0.1) is 0 Å². The Morgan fingerprint density at radius 3 is 2.75 bits per heavy atom. The van der Waals surface area contributed by atoms with Crippen LogP contribution in [0.4, 0.5) is 0 Å². The van der Waals surface area contributed by atoms with Crippen molar-refractivity contribution in [3.63, 3.8) is 0 Å². The summed E-state index contributed by atoms with van der Waals surface area (Å²) in [5, 5.41) is 11.7. The Morgan fingerprint density at radius 1 is 1.38 bits per heavy atom. The molecule has 0 aromatic heterocycles. The molecule has 0 aliphatic carbocycles. The fourth-order valence-electron chi connectivity index (χ4n) is 2.25. The lowest BCUT2D eigenvalue weighted by Crippen LogP contribution is -2.40. The van der Waals surface area contributed by atoms with Crippen LogP contribution in [0.1, 0.15) is 26.2 Å². The van der Waals surface area contributed by atoms with E-state index in [2.05, 4.69) is 28.9 Å². The van der Waals surface area contributed by atoms with Crippen molar-refractivity contribution < 1.29 is 5.21 Å². The van der Waals surface area contributed by atoms with Crippen molar-refractivity contribution in [3.05, 3.63) is 0 Å². The van der Waals surface area contributed by atoms with Gasteiger partial charge in [-0.05, 0) is 33.0 Å². The molecule has 5 heteroatoms. The van der Waals surface area contributed by atoms with E-state index in [0.717, 1.165) is 32.6 Å². The molecule has 1 heterocycles. The summed E-state index contributed by atoms with van der Waals surface area (Å²) in [4.78, 5) is 4.82. The lowest BCUT2D eigenvalue weighted by molar-refractivity contribution is 0.199. The number of amidine groups is 1. The van der Waals surface area contributed by atoms with Gasteiger partial charge in [-0.3, -0.25) is 4.90 Å². The minimum atomic E-state index is 0.337. The number of nitrogens with two attached hydrogens (primary N) is 1. The maximum absolute atomic E-state index is 8.61. The first-order valence-corrected chi connectivity index (χ1v) is 6.06. The van der Waals surface area contributed by atoms with Gasteiger partial charge in [-0.25, -0.2) is 0 Å². The molecule has 1 aliphatic heterocycles. The minimum Gasteiger partial charge on any atom is -0.409 e. The molecular formula is C11H24N4O. The monoisotopic (exact) mass is 228 g/mol. The molecule has 5 nitrogen and oxygen atoms in total. The molecule has 0 aromatic carbocycles. The molecule has 1 rings (SSSR count). The number of oxime groups is 1. The van der Waals surface area contributed by atoms with Crippen LogP contribution < -0.4 is 5.73 Å². The van der Waals surface area contributed by atoms with Gasteiger partial charge in [0.15, 0.2) is 0 Å². The average Bonchev–Trinajstić information content (AvgIpc) is 2.50. The summed E-state index contributed by atoms with van der Waals surface area (Å²) >= 11 is 0. The van der Waals surface area contributed by atoms with E-state index in [-0.39, 0.29) is 0 Å². The zero-order chi connectivity index (χ0) is 12.0. The lowest BCUT2D eigenvalue weighted by atomic mass is 10.1. The summed E-state index contributed by atoms with van der Waals surface area (Å²) in [5.74, 6) is 0.337. The number of nitrogens with zero attached hydrogens (tertiary/aromatic N) is 3. The molecule has 0 radical (unpaired) electrons. The maximum Gasteiger partial charge on any atom is 0.140 e. The van der Waals surface area contributed by atoms with Gasteiger partial charge >= 0.3 is 0 Å². The second kappa shape index (κ2) is 6.70. The summed E-state index contributed by atoms with van der Waals surface area (Å²) < 4.78 is 0. The smallest absolute Gasteiger partial charge is 0.140 e. The highest BCUT2D eigenvalue weighted by Crippen LogP contribution is 2.12. The molecule has 1 atom stereocenters. The van der Waals surface area contributed by atoms with E-state index in [9.17, 15) is 0 Å². The van der Waals surface area contributed by atoms with Crippen LogP contribution in [0, 0.1) is 0 Å². The van der Waals surface area contributed by atoms with E-state index >= 15 is 0 Å². The third-order valence-corrected chi connectivity index (χ3v) is 3.31. The van der Waals surface area contributed by atoms with Gasteiger partial charge in [-0.2, -0.15) is 0 Å². The van der Waals surface area contributed by atoms with Crippen LogP contribution in [0.15, 0.2) is 5.16 Å². The molecule has 1 fully saturated rings. The minimum absolute atomic E-state index is 0.337. The molecule has 1 aliphatic rings. The Labute approximate surface area is 97.9 Å². The summed E-state index contributed by atoms with van der Waals surface area (Å²) in [7, 11) is 2.16. The maximum atomic E-state index is 8.61. The van der Waals surface area contributed by atoms with Gasteiger partial charge in [-0.1, -0.05) is 12.1 Å². The van der Waals surface area contributed by atoms with E-state index in [1.165, 1.54) is 6.42 Å². The average molecular weight is 228 g/mol. The van der Waals surface area contributed by atoms with Gasteiger partial charge in [0.1, 0.15) is 5.84 Å². The topological polar surface area (TPSA) is 65.1 Å². The normalized spacial score (nSPS) is 23.0. The van der Waals surface area contributed by atoms with Gasteiger partial charge in [0.2, 0.25) is 0 Å². The number of hydrogen-bond acceptors (Lipinski definition) is 4. The van der Waals surface area contributed by atoms with Crippen molar-refractivity contribution in [3.8, 4) is 0 Å². The highest BCUT2D eigenvalue weighted by Gasteiger charge is 2.20. The number of rotatable bonds is 4. The van der Waals surface area contributed by atoms with Gasteiger partial charge in [0.25, 0.3) is 0 Å². The second-order valence-electron chi connectivity index (χ2n) is 4.55. The number of hydrogen-bond donors (Lipinski definition) is 2. The quantitative estimate of drug-likeness (QED) is 0.319. The fourth-order valence-corrected chi connectivity index (χ4v) is 2.25. The predicted molar refractivity (Wildman–Crippen MR) is 65.8 cm³/mol. The van der Waals surface area contributed by atoms with E-state index in [1.807, 2.05) is 0 Å². The van der Waals surface area contributed by atoms with Crippen LogP contribution in [-0.4, -0.2) is 60.1 Å². The van der Waals surface area contributed by atoms with Crippen LogP contribution in [0.2, 0.25) is 0 Å². The first kappa shape index (κ1) is 13.3. The third-order valence-electron chi connectivity index (χ3n) is 3.31. The molecule has 3 N–H and O–H groups in total. The standard InChI is InChI=1S/C11H24N4O/c1-3-10(9-11(12)13-16)15-6-4-5-14(2)7-8-15/h10,16H,3-9H2,1-2H3,(H2,12,13). The summed E-state index contributed by atoms with van der Waals surface area (Å²) in [6, 6.07) is 0.405. The van der Waals surface area contributed by atoms with Crippen molar-refractivity contribution in [1.29, 1.82) is 0 Å². The molecule has 0 saturated carbocycles. The fraction of sp³-hybridized carbons (Fsp3) is 0.909. The molecule has 0 aromatic rings. The Morgan fingerprint density at radius 2 is 2.12 bits per heavy atom. The van der Waals surface area contributed by atoms with E-state index in [1.54, 1.807) is 0 Å². The van der Waals surface area contributed by atoms with Gasteiger partial charge in [0, 0.05) is 25.6 Å². The van der Waals surface area contributed by atoms with Crippen molar-refractivity contribution in [1.82, 2.24) is 9.80 Å². The molecule has 16 heavy (non-hydrogen) atoms. The molecule has 0 amide bonds. The van der Waals surface area contributed by atoms with Crippen LogP contribution in [0.5, 0.6) is 0 Å². The zero-order valence-corrected chi connectivity index (χ0v) is 10.4. The Hall–Kier alpha value is -0.810. The van der Waals surface area contributed by atoms with E-state index in [4.69, 9.17) is 10.9 Å². The van der Waals surface area contributed by atoms with Gasteiger partial charge < -0.3 is 15.8 Å². The Balaban J connectivity index is 2.51. The van der Waals surface area contributed by atoms with Crippen molar-refractivity contribution in [2.75, 3.05) is 33.2 Å². The second-order valence-corrected chi connectivity index (χ2v) is 4.55. The largest absolute Gasteiger partial charge is 0.409 e. The van der Waals surface area contributed by atoms with Crippen molar-refractivity contribution in [2.24, 2.45) is 10.9 Å². The third kappa shape index (κ3) is 3.98. The van der Waals surface area contributed by atoms with Crippen LogP contribution in [0.25, 0.3) is 0 Å². The summed E-state index contributed by atoms with van der Waals surface area (Å²) in [6.45, 7) is 6.61. The highest BCUT2D eigenvalue weighted by molar-refractivity contribution is 5.80. The van der Waals surface area contributed by atoms with Crippen LogP contribution >= 0.6 is 0 Å². The Bertz CT molecular complexity index is 232. The van der Waals surface area contributed by atoms with Crippen molar-refractivity contribution in [2.45, 2.75) is 32.2 Å². The van der Waals surface area contributed by atoms with Gasteiger partial charge in [-0.15, -0.1) is 0 Å². The predicted octanol–water partition coefficient (Wildman–Crippen LogP) is 0.539. The SMILES string of the molecule is CCC(C/C(N)=N/O)N1CCCN(C)CC1. The molecule has 1 saturated heterocycles. The first-order chi connectivity index (χ1) is 7.67. The van der Waals surface area contributed by atoms with E-state index in [0.29, 0.717) is 18.3 Å². The molecule has 0 bridgehead atoms. The Kier molecular flexibility index (Phi) is 5.55. The molecule has 1 unspecified atom stereocenters. The van der Waals surface area contributed by atoms with Crippen molar-refractivity contribution >= 4 is 5.84 Å². The first-order valence-electron chi connectivity index (χ1n) is 6.06. The van der Waals surface area contributed by atoms with E-state index < -0.39 is 0 Å². The number of likely N-dealkylation sites (N-methyl/N-ethyl adjacent to an activating group) is 1. The lowest BCUT2D eigenvalue weighted by Gasteiger charge is -2.29. The molecule has 94 valence electrons. The highest BCUT2D eigenvalue weighted by atomic mass is 16.4.